The number of halogens is 1. The molecule has 0 aliphatic rings. The third-order valence-electron chi connectivity index (χ3n) is 2.77. The third-order valence-corrected chi connectivity index (χ3v) is 5.55. The molecule has 0 saturated heterocycles. The van der Waals surface area contributed by atoms with Crippen molar-refractivity contribution in [3.8, 4) is 5.75 Å². The van der Waals surface area contributed by atoms with Crippen molar-refractivity contribution >= 4 is 19.0 Å². The summed E-state index contributed by atoms with van der Waals surface area (Å²) in [5.74, 6) is 0.623. The van der Waals surface area contributed by atoms with E-state index in [0.717, 1.165) is 25.7 Å². The van der Waals surface area contributed by atoms with Crippen LogP contribution in [-0.2, 0) is 4.57 Å². The standard InChI is InChI=1S/C14H22ClO2P/c1-3-5-10-18(16,11-6-4-2)17-14-9-7-8-13(15)12-14/h7-9,12H,3-6,10-11H2,1-2H3. The highest BCUT2D eigenvalue weighted by Gasteiger charge is 2.23. The minimum absolute atomic E-state index is 0.616. The molecule has 18 heavy (non-hydrogen) atoms. The maximum atomic E-state index is 12.7. The van der Waals surface area contributed by atoms with Crippen LogP contribution in [0.1, 0.15) is 39.5 Å². The van der Waals surface area contributed by atoms with Crippen LogP contribution in [0.2, 0.25) is 5.02 Å². The van der Waals surface area contributed by atoms with Crippen molar-refractivity contribution in [3.63, 3.8) is 0 Å². The minimum Gasteiger partial charge on any atom is -0.443 e. The van der Waals surface area contributed by atoms with Gasteiger partial charge in [0.2, 0.25) is 7.37 Å². The van der Waals surface area contributed by atoms with Crippen LogP contribution in [0.25, 0.3) is 0 Å². The molecule has 1 aromatic carbocycles. The van der Waals surface area contributed by atoms with E-state index in [9.17, 15) is 4.57 Å². The highest BCUT2D eigenvalue weighted by Crippen LogP contribution is 2.48. The van der Waals surface area contributed by atoms with Gasteiger partial charge in [0.15, 0.2) is 0 Å². The van der Waals surface area contributed by atoms with Crippen LogP contribution in [0.5, 0.6) is 5.75 Å². The molecule has 0 bridgehead atoms. The van der Waals surface area contributed by atoms with E-state index >= 15 is 0 Å². The first-order valence-corrected chi connectivity index (χ1v) is 9.00. The molecular formula is C14H22ClO2P. The molecule has 0 radical (unpaired) electrons. The van der Waals surface area contributed by atoms with Gasteiger partial charge in [0, 0.05) is 17.3 Å². The molecular weight excluding hydrogens is 267 g/mol. The Labute approximate surface area is 115 Å². The summed E-state index contributed by atoms with van der Waals surface area (Å²) in [6, 6.07) is 7.15. The highest BCUT2D eigenvalue weighted by atomic mass is 35.5. The van der Waals surface area contributed by atoms with Gasteiger partial charge in [-0.05, 0) is 31.0 Å². The lowest BCUT2D eigenvalue weighted by Gasteiger charge is -2.19. The van der Waals surface area contributed by atoms with Gasteiger partial charge in [-0.25, -0.2) is 0 Å². The Bertz CT molecular complexity index is 395. The average Bonchev–Trinajstić information content (AvgIpc) is 2.34. The second-order valence-electron chi connectivity index (χ2n) is 4.52. The molecule has 0 unspecified atom stereocenters. The molecule has 0 amide bonds. The van der Waals surface area contributed by atoms with Gasteiger partial charge in [-0.15, -0.1) is 0 Å². The van der Waals surface area contributed by atoms with Crippen LogP contribution in [0.4, 0.5) is 0 Å². The van der Waals surface area contributed by atoms with E-state index in [2.05, 4.69) is 13.8 Å². The molecule has 1 rings (SSSR count). The van der Waals surface area contributed by atoms with E-state index in [1.807, 2.05) is 12.1 Å². The third kappa shape index (κ3) is 5.46. The van der Waals surface area contributed by atoms with Gasteiger partial charge in [0.25, 0.3) is 0 Å². The molecule has 0 heterocycles. The summed E-state index contributed by atoms with van der Waals surface area (Å²) in [5, 5.41) is 0.616. The maximum absolute atomic E-state index is 12.7. The molecule has 2 nitrogen and oxygen atoms in total. The van der Waals surface area contributed by atoms with Gasteiger partial charge in [-0.2, -0.15) is 0 Å². The fourth-order valence-electron chi connectivity index (χ4n) is 1.72. The Hall–Kier alpha value is -0.460. The number of hydrogen-bond acceptors (Lipinski definition) is 2. The summed E-state index contributed by atoms with van der Waals surface area (Å²) in [5.41, 5.74) is 0. The lowest BCUT2D eigenvalue weighted by molar-refractivity contribution is 0.476. The van der Waals surface area contributed by atoms with E-state index in [-0.39, 0.29) is 0 Å². The van der Waals surface area contributed by atoms with Crippen molar-refractivity contribution in [1.82, 2.24) is 0 Å². The molecule has 0 atom stereocenters. The topological polar surface area (TPSA) is 26.3 Å². The van der Waals surface area contributed by atoms with E-state index in [4.69, 9.17) is 16.1 Å². The van der Waals surface area contributed by atoms with Gasteiger partial charge in [-0.1, -0.05) is 44.4 Å². The number of hydrogen-bond donors (Lipinski definition) is 0. The van der Waals surface area contributed by atoms with Crippen LogP contribution in [0.3, 0.4) is 0 Å². The van der Waals surface area contributed by atoms with Crippen molar-refractivity contribution in [3.05, 3.63) is 29.3 Å². The van der Waals surface area contributed by atoms with Crippen LogP contribution in [-0.4, -0.2) is 12.3 Å². The second kappa shape index (κ2) is 7.86. The molecule has 0 aliphatic heterocycles. The van der Waals surface area contributed by atoms with Gasteiger partial charge in [0.1, 0.15) is 5.75 Å². The van der Waals surface area contributed by atoms with Gasteiger partial charge in [0.05, 0.1) is 0 Å². The average molecular weight is 289 g/mol. The van der Waals surface area contributed by atoms with Crippen LogP contribution < -0.4 is 4.52 Å². The lowest BCUT2D eigenvalue weighted by atomic mass is 10.3. The zero-order valence-electron chi connectivity index (χ0n) is 11.2. The van der Waals surface area contributed by atoms with E-state index in [1.165, 1.54) is 0 Å². The van der Waals surface area contributed by atoms with E-state index < -0.39 is 7.37 Å². The van der Waals surface area contributed by atoms with Crippen molar-refractivity contribution in [1.29, 1.82) is 0 Å². The van der Waals surface area contributed by atoms with Gasteiger partial charge >= 0.3 is 0 Å². The van der Waals surface area contributed by atoms with Gasteiger partial charge < -0.3 is 4.52 Å². The number of unbranched alkanes of at least 4 members (excludes halogenated alkanes) is 2. The van der Waals surface area contributed by atoms with E-state index in [1.54, 1.807) is 12.1 Å². The molecule has 1 aromatic rings. The van der Waals surface area contributed by atoms with Crippen molar-refractivity contribution in [2.75, 3.05) is 12.3 Å². The van der Waals surface area contributed by atoms with Crippen LogP contribution >= 0.6 is 19.0 Å². The van der Waals surface area contributed by atoms with Crippen molar-refractivity contribution in [2.24, 2.45) is 0 Å². The number of rotatable bonds is 8. The summed E-state index contributed by atoms with van der Waals surface area (Å²) in [7, 11) is -2.55. The first-order valence-electron chi connectivity index (χ1n) is 6.63. The quantitative estimate of drug-likeness (QED) is 0.582. The summed E-state index contributed by atoms with van der Waals surface area (Å²) < 4.78 is 18.5. The fourth-order valence-corrected chi connectivity index (χ4v) is 4.40. The van der Waals surface area contributed by atoms with Crippen molar-refractivity contribution in [2.45, 2.75) is 39.5 Å². The zero-order valence-corrected chi connectivity index (χ0v) is 12.8. The minimum atomic E-state index is -2.55. The second-order valence-corrected chi connectivity index (χ2v) is 7.66. The summed E-state index contributed by atoms with van der Waals surface area (Å²) in [4.78, 5) is 0. The maximum Gasteiger partial charge on any atom is 0.247 e. The number of benzene rings is 1. The summed E-state index contributed by atoms with van der Waals surface area (Å²) in [6.07, 6.45) is 5.29. The molecule has 0 aromatic heterocycles. The highest BCUT2D eigenvalue weighted by molar-refractivity contribution is 7.59. The first-order chi connectivity index (χ1) is 8.59. The summed E-state index contributed by atoms with van der Waals surface area (Å²) in [6.45, 7) is 4.20. The Morgan fingerprint density at radius 1 is 1.17 bits per heavy atom. The molecule has 0 N–H and O–H groups in total. The fraction of sp³-hybridized carbons (Fsp3) is 0.571. The van der Waals surface area contributed by atoms with E-state index in [0.29, 0.717) is 23.1 Å². The Balaban J connectivity index is 2.73. The molecule has 0 aliphatic carbocycles. The first kappa shape index (κ1) is 15.6. The Morgan fingerprint density at radius 2 is 1.78 bits per heavy atom. The smallest absolute Gasteiger partial charge is 0.247 e. The summed E-state index contributed by atoms with van der Waals surface area (Å²) >= 11 is 5.91. The molecule has 102 valence electrons. The van der Waals surface area contributed by atoms with Gasteiger partial charge in [-0.3, -0.25) is 4.57 Å². The Kier molecular flexibility index (Phi) is 6.81. The monoisotopic (exact) mass is 288 g/mol. The Morgan fingerprint density at radius 3 is 2.28 bits per heavy atom. The van der Waals surface area contributed by atoms with Crippen molar-refractivity contribution < 1.29 is 9.09 Å². The van der Waals surface area contributed by atoms with Crippen LogP contribution in [0.15, 0.2) is 24.3 Å². The normalized spacial score (nSPS) is 11.5. The molecule has 0 spiro atoms. The largest absolute Gasteiger partial charge is 0.443 e. The SMILES string of the molecule is CCCCP(=O)(CCCC)Oc1cccc(Cl)c1. The predicted molar refractivity (Wildman–Crippen MR) is 79.2 cm³/mol. The predicted octanol–water partition coefficient (Wildman–Crippen LogP) is 5.60. The molecule has 4 heteroatoms. The van der Waals surface area contributed by atoms with Crippen LogP contribution in [0, 0.1) is 0 Å². The molecule has 0 fully saturated rings. The zero-order chi connectivity index (χ0) is 13.4. The molecule has 0 saturated carbocycles. The lowest BCUT2D eigenvalue weighted by Crippen LogP contribution is -2.03.